The van der Waals surface area contributed by atoms with Crippen LogP contribution in [0.1, 0.15) is 35.5 Å². The SMILES string of the molecule is c1cc2ccc(CN3CCc4cnc(CC5CC5)nc4C3)cc2[nH]1. The molecule has 2 aliphatic rings. The van der Waals surface area contributed by atoms with Gasteiger partial charge in [0.15, 0.2) is 0 Å². The first kappa shape index (κ1) is 14.2. The zero-order chi connectivity index (χ0) is 15.9. The van der Waals surface area contributed by atoms with Crippen LogP contribution in [0.15, 0.2) is 36.7 Å². The molecule has 3 aromatic rings. The summed E-state index contributed by atoms with van der Waals surface area (Å²) in [5, 5.41) is 1.28. The number of aromatic amines is 1. The number of nitrogens with one attached hydrogen (secondary N) is 1. The molecule has 122 valence electrons. The second kappa shape index (κ2) is 5.71. The molecular formula is C20H22N4. The molecule has 0 saturated heterocycles. The lowest BCUT2D eigenvalue weighted by atomic mass is 10.1. The van der Waals surface area contributed by atoms with Gasteiger partial charge in [0.1, 0.15) is 5.82 Å². The molecule has 1 N–H and O–H groups in total. The fraction of sp³-hybridized carbons (Fsp3) is 0.400. The first-order valence-electron chi connectivity index (χ1n) is 8.95. The molecule has 0 bridgehead atoms. The van der Waals surface area contributed by atoms with Crippen LogP contribution in [0.25, 0.3) is 10.9 Å². The van der Waals surface area contributed by atoms with Crippen molar-refractivity contribution < 1.29 is 0 Å². The molecule has 1 aliphatic carbocycles. The molecule has 1 saturated carbocycles. The summed E-state index contributed by atoms with van der Waals surface area (Å²) in [6.45, 7) is 3.01. The highest BCUT2D eigenvalue weighted by Crippen LogP contribution is 2.32. The van der Waals surface area contributed by atoms with Crippen molar-refractivity contribution in [2.45, 2.75) is 38.8 Å². The third-order valence-corrected chi connectivity index (χ3v) is 5.27. The van der Waals surface area contributed by atoms with Crippen LogP contribution in [-0.2, 0) is 25.9 Å². The van der Waals surface area contributed by atoms with Gasteiger partial charge in [-0.3, -0.25) is 4.90 Å². The second-order valence-corrected chi connectivity index (χ2v) is 7.27. The van der Waals surface area contributed by atoms with Crippen LogP contribution in [0.2, 0.25) is 0 Å². The number of fused-ring (bicyclic) bond motifs is 2. The van der Waals surface area contributed by atoms with Crippen LogP contribution in [0, 0.1) is 5.92 Å². The normalized spacial score (nSPS) is 18.0. The van der Waals surface area contributed by atoms with Crippen LogP contribution in [0.5, 0.6) is 0 Å². The molecule has 0 unspecified atom stereocenters. The maximum Gasteiger partial charge on any atom is 0.128 e. The Balaban J connectivity index is 1.33. The van der Waals surface area contributed by atoms with Gasteiger partial charge in [0.2, 0.25) is 0 Å². The Bertz CT molecular complexity index is 878. The van der Waals surface area contributed by atoms with Crippen molar-refractivity contribution >= 4 is 10.9 Å². The Labute approximate surface area is 141 Å². The highest BCUT2D eigenvalue weighted by atomic mass is 15.1. The topological polar surface area (TPSA) is 44.8 Å². The third-order valence-electron chi connectivity index (χ3n) is 5.27. The third kappa shape index (κ3) is 2.82. The number of aromatic nitrogens is 3. The van der Waals surface area contributed by atoms with Crippen molar-refractivity contribution in [3.05, 3.63) is 59.3 Å². The summed E-state index contributed by atoms with van der Waals surface area (Å²) < 4.78 is 0. The van der Waals surface area contributed by atoms with Crippen molar-refractivity contribution in [1.29, 1.82) is 0 Å². The molecular weight excluding hydrogens is 296 g/mol. The van der Waals surface area contributed by atoms with Crippen LogP contribution in [-0.4, -0.2) is 26.4 Å². The summed E-state index contributed by atoms with van der Waals surface area (Å²) >= 11 is 0. The summed E-state index contributed by atoms with van der Waals surface area (Å²) in [7, 11) is 0. The molecule has 4 heteroatoms. The molecule has 0 amide bonds. The maximum absolute atomic E-state index is 4.87. The van der Waals surface area contributed by atoms with Gasteiger partial charge in [-0.25, -0.2) is 9.97 Å². The molecule has 2 aromatic heterocycles. The number of H-pyrrole nitrogens is 1. The molecule has 1 aliphatic heterocycles. The molecule has 1 fully saturated rings. The summed E-state index contributed by atoms with van der Waals surface area (Å²) in [5.41, 5.74) is 5.16. The Morgan fingerprint density at radius 1 is 1.21 bits per heavy atom. The summed E-state index contributed by atoms with van der Waals surface area (Å²) in [6, 6.07) is 8.83. The van der Waals surface area contributed by atoms with E-state index in [1.807, 2.05) is 6.20 Å². The van der Waals surface area contributed by atoms with Crippen LogP contribution < -0.4 is 0 Å². The van der Waals surface area contributed by atoms with Crippen LogP contribution in [0.4, 0.5) is 0 Å². The van der Waals surface area contributed by atoms with E-state index >= 15 is 0 Å². The van der Waals surface area contributed by atoms with Crippen LogP contribution >= 0.6 is 0 Å². The zero-order valence-corrected chi connectivity index (χ0v) is 13.8. The van der Waals surface area contributed by atoms with E-state index in [0.717, 1.165) is 44.2 Å². The van der Waals surface area contributed by atoms with Crippen LogP contribution in [0.3, 0.4) is 0 Å². The van der Waals surface area contributed by atoms with Gasteiger partial charge in [-0.05, 0) is 53.8 Å². The first-order valence-corrected chi connectivity index (χ1v) is 8.95. The average molecular weight is 318 g/mol. The van der Waals surface area contributed by atoms with E-state index in [4.69, 9.17) is 4.98 Å². The lowest BCUT2D eigenvalue weighted by Crippen LogP contribution is -2.31. The quantitative estimate of drug-likeness (QED) is 0.801. The average Bonchev–Trinajstić information content (AvgIpc) is 3.28. The lowest BCUT2D eigenvalue weighted by molar-refractivity contribution is 0.240. The van der Waals surface area contributed by atoms with E-state index < -0.39 is 0 Å². The summed E-state index contributed by atoms with van der Waals surface area (Å²) in [6.07, 6.45) is 8.91. The Morgan fingerprint density at radius 3 is 3.08 bits per heavy atom. The molecule has 1 aromatic carbocycles. The number of rotatable bonds is 4. The minimum Gasteiger partial charge on any atom is -0.361 e. The van der Waals surface area contributed by atoms with E-state index in [-0.39, 0.29) is 0 Å². The van der Waals surface area contributed by atoms with Gasteiger partial charge >= 0.3 is 0 Å². The van der Waals surface area contributed by atoms with Crippen molar-refractivity contribution in [2.24, 2.45) is 5.92 Å². The predicted octanol–water partition coefficient (Wildman–Crippen LogP) is 3.47. The number of benzene rings is 1. The smallest absolute Gasteiger partial charge is 0.128 e. The molecule has 4 nitrogen and oxygen atoms in total. The molecule has 3 heterocycles. The number of hydrogen-bond acceptors (Lipinski definition) is 3. The highest BCUT2D eigenvalue weighted by Gasteiger charge is 2.24. The largest absolute Gasteiger partial charge is 0.361 e. The minimum atomic E-state index is 0.843. The second-order valence-electron chi connectivity index (χ2n) is 7.27. The van der Waals surface area contributed by atoms with Gasteiger partial charge in [0, 0.05) is 44.0 Å². The van der Waals surface area contributed by atoms with Crippen molar-refractivity contribution in [3.63, 3.8) is 0 Å². The molecule has 0 spiro atoms. The predicted molar refractivity (Wildman–Crippen MR) is 94.6 cm³/mol. The number of nitrogens with zero attached hydrogens (tertiary/aromatic N) is 3. The maximum atomic E-state index is 4.87. The van der Waals surface area contributed by atoms with Gasteiger partial charge < -0.3 is 4.98 Å². The summed E-state index contributed by atoms with van der Waals surface area (Å²) in [5.74, 6) is 1.89. The fourth-order valence-electron chi connectivity index (χ4n) is 3.66. The van der Waals surface area contributed by atoms with E-state index in [9.17, 15) is 0 Å². The molecule has 5 rings (SSSR count). The van der Waals surface area contributed by atoms with Crippen molar-refractivity contribution in [1.82, 2.24) is 19.9 Å². The molecule has 24 heavy (non-hydrogen) atoms. The first-order chi connectivity index (χ1) is 11.8. The minimum absolute atomic E-state index is 0.843. The molecule has 0 atom stereocenters. The van der Waals surface area contributed by atoms with Gasteiger partial charge in [-0.1, -0.05) is 12.1 Å². The van der Waals surface area contributed by atoms with Gasteiger partial charge in [0.25, 0.3) is 0 Å². The van der Waals surface area contributed by atoms with Crippen molar-refractivity contribution in [2.75, 3.05) is 6.54 Å². The molecule has 0 radical (unpaired) electrons. The van der Waals surface area contributed by atoms with E-state index in [0.29, 0.717) is 0 Å². The standard InChI is InChI=1S/C20H22N4/c1-2-14(1)10-20-22-11-17-6-8-24(13-19(17)23-20)12-15-3-4-16-5-7-21-18(16)9-15/h3-5,7,9,11,14,21H,1-2,6,8,10,12-13H2. The highest BCUT2D eigenvalue weighted by molar-refractivity contribution is 5.79. The van der Waals surface area contributed by atoms with Crippen molar-refractivity contribution in [3.8, 4) is 0 Å². The summed E-state index contributed by atoms with van der Waals surface area (Å²) in [4.78, 5) is 15.2. The fourth-order valence-corrected chi connectivity index (χ4v) is 3.66. The number of hydrogen-bond donors (Lipinski definition) is 1. The monoisotopic (exact) mass is 318 g/mol. The zero-order valence-electron chi connectivity index (χ0n) is 13.8. The Hall–Kier alpha value is -2.20. The lowest BCUT2D eigenvalue weighted by Gasteiger charge is -2.28. The van der Waals surface area contributed by atoms with E-state index in [2.05, 4.69) is 45.3 Å². The van der Waals surface area contributed by atoms with Gasteiger partial charge in [-0.15, -0.1) is 0 Å². The van der Waals surface area contributed by atoms with Gasteiger partial charge in [-0.2, -0.15) is 0 Å². The Morgan fingerprint density at radius 2 is 2.17 bits per heavy atom. The van der Waals surface area contributed by atoms with E-state index in [1.54, 1.807) is 0 Å². The Kier molecular flexibility index (Phi) is 3.37. The van der Waals surface area contributed by atoms with E-state index in [1.165, 1.54) is 40.6 Å². The van der Waals surface area contributed by atoms with Gasteiger partial charge in [0.05, 0.1) is 5.69 Å².